The van der Waals surface area contributed by atoms with Gasteiger partial charge in [0.15, 0.2) is 18.0 Å². The number of aromatic nitrogens is 4. The monoisotopic (exact) mass is 417 g/mol. The number of nitrogen functional groups attached to an aromatic ring is 1. The fraction of sp³-hybridized carbons (Fsp3) is 0.615. The number of imidazole rings is 1. The third kappa shape index (κ3) is 3.08. The van der Waals surface area contributed by atoms with E-state index in [1.807, 2.05) is 0 Å². The molecule has 0 amide bonds. The minimum Gasteiger partial charge on any atom is -0.394 e. The third-order valence-corrected chi connectivity index (χ3v) is 4.22. The molecule has 0 unspecified atom stereocenters. The maximum atomic E-state index is 14.0. The number of aliphatic hydroxyl groups excluding tert-OH is 2. The molecule has 1 fully saturated rings. The van der Waals surface area contributed by atoms with Crippen molar-refractivity contribution in [1.29, 1.82) is 0 Å². The standard InChI is InChI=1S/C13H13F6N5O4/c14-6-5(2-25)28-9(7(6)26)24-8-4(1-21-10(20)22-8)23(11(24)27)3-12(15,16)13(17,18)19/h1,5-7,9,25-26H,2-3H2,(H2,20,21,22)/t5-,6-,7-,9-/m1/s1. The highest BCUT2D eigenvalue weighted by Gasteiger charge is 2.58. The van der Waals surface area contributed by atoms with Crippen LogP contribution < -0.4 is 11.4 Å². The van der Waals surface area contributed by atoms with E-state index in [0.717, 1.165) is 6.20 Å². The number of alkyl halides is 6. The van der Waals surface area contributed by atoms with Gasteiger partial charge in [-0.25, -0.2) is 18.7 Å². The lowest BCUT2D eigenvalue weighted by atomic mass is 10.1. The highest BCUT2D eigenvalue weighted by atomic mass is 19.4. The number of nitrogens with two attached hydrogens (primary N) is 1. The number of ether oxygens (including phenoxy) is 1. The molecule has 156 valence electrons. The molecule has 0 saturated carbocycles. The topological polar surface area (TPSA) is 128 Å². The molecule has 4 atom stereocenters. The molecule has 0 aromatic carbocycles. The molecule has 0 spiro atoms. The summed E-state index contributed by atoms with van der Waals surface area (Å²) < 4.78 is 84.2. The molecule has 28 heavy (non-hydrogen) atoms. The Hall–Kier alpha value is -2.39. The zero-order valence-corrected chi connectivity index (χ0v) is 13.6. The molecule has 9 nitrogen and oxygen atoms in total. The first-order chi connectivity index (χ1) is 12.9. The fourth-order valence-corrected chi connectivity index (χ4v) is 2.81. The highest BCUT2D eigenvalue weighted by Crippen LogP contribution is 2.37. The summed E-state index contributed by atoms with van der Waals surface area (Å²) >= 11 is 0. The van der Waals surface area contributed by atoms with Crippen LogP contribution in [-0.4, -0.2) is 66.4 Å². The van der Waals surface area contributed by atoms with E-state index in [9.17, 15) is 36.2 Å². The molecule has 3 heterocycles. The summed E-state index contributed by atoms with van der Waals surface area (Å²) in [4.78, 5) is 19.6. The Bertz CT molecular complexity index is 944. The van der Waals surface area contributed by atoms with Gasteiger partial charge < -0.3 is 20.7 Å². The van der Waals surface area contributed by atoms with Crippen LogP contribution in [0.4, 0.5) is 32.3 Å². The number of hydrogen-bond acceptors (Lipinski definition) is 7. The SMILES string of the molecule is Nc1ncc2c(n1)n([C@@H]1O[C@H](CO)[C@@H](F)[C@H]1O)c(=O)n2CC(F)(F)C(F)(F)F. The normalized spacial score (nSPS) is 26.3. The number of halogens is 6. The summed E-state index contributed by atoms with van der Waals surface area (Å²) in [5, 5.41) is 19.0. The van der Waals surface area contributed by atoms with Crippen molar-refractivity contribution >= 4 is 17.1 Å². The van der Waals surface area contributed by atoms with Crippen LogP contribution in [0.2, 0.25) is 0 Å². The predicted octanol–water partition coefficient (Wildman–Crippen LogP) is -0.0385. The van der Waals surface area contributed by atoms with Crippen molar-refractivity contribution in [2.24, 2.45) is 0 Å². The van der Waals surface area contributed by atoms with Crippen LogP contribution in [0.3, 0.4) is 0 Å². The maximum Gasteiger partial charge on any atom is 0.455 e. The van der Waals surface area contributed by atoms with Crippen molar-refractivity contribution in [3.8, 4) is 0 Å². The largest absolute Gasteiger partial charge is 0.455 e. The molecule has 2 aromatic rings. The Balaban J connectivity index is 2.19. The second kappa shape index (κ2) is 6.59. The first-order valence-electron chi connectivity index (χ1n) is 7.65. The van der Waals surface area contributed by atoms with Crippen molar-refractivity contribution < 1.29 is 41.3 Å². The van der Waals surface area contributed by atoms with Crippen LogP contribution in [0, 0.1) is 0 Å². The van der Waals surface area contributed by atoms with Gasteiger partial charge in [0, 0.05) is 0 Å². The molecule has 1 aliphatic rings. The molecule has 1 saturated heterocycles. The van der Waals surface area contributed by atoms with Crippen molar-refractivity contribution in [2.45, 2.75) is 43.3 Å². The van der Waals surface area contributed by atoms with Gasteiger partial charge in [-0.15, -0.1) is 0 Å². The zero-order chi connectivity index (χ0) is 21.0. The van der Waals surface area contributed by atoms with Gasteiger partial charge in [0.1, 0.15) is 24.3 Å². The van der Waals surface area contributed by atoms with Crippen LogP contribution in [0.15, 0.2) is 11.0 Å². The maximum absolute atomic E-state index is 14.0. The van der Waals surface area contributed by atoms with Gasteiger partial charge in [0.05, 0.1) is 12.8 Å². The van der Waals surface area contributed by atoms with Crippen LogP contribution in [0.1, 0.15) is 6.23 Å². The first kappa shape index (κ1) is 20.3. The van der Waals surface area contributed by atoms with E-state index in [1.165, 1.54) is 0 Å². The second-order valence-corrected chi connectivity index (χ2v) is 6.06. The van der Waals surface area contributed by atoms with Crippen LogP contribution in [0.5, 0.6) is 0 Å². The molecular weight excluding hydrogens is 404 g/mol. The van der Waals surface area contributed by atoms with E-state index in [0.29, 0.717) is 4.57 Å². The van der Waals surface area contributed by atoms with Crippen molar-refractivity contribution in [1.82, 2.24) is 19.1 Å². The number of nitrogens with zero attached hydrogens (tertiary/aromatic N) is 4. The molecule has 2 aromatic heterocycles. The van der Waals surface area contributed by atoms with Gasteiger partial charge in [-0.05, 0) is 0 Å². The number of fused-ring (bicyclic) bond motifs is 1. The van der Waals surface area contributed by atoms with E-state index in [-0.39, 0.29) is 4.57 Å². The van der Waals surface area contributed by atoms with Gasteiger partial charge in [0.25, 0.3) is 0 Å². The Kier molecular flexibility index (Phi) is 4.79. The van der Waals surface area contributed by atoms with Crippen molar-refractivity contribution in [3.63, 3.8) is 0 Å². The van der Waals surface area contributed by atoms with Gasteiger partial charge in [0.2, 0.25) is 5.95 Å². The molecular formula is C13H13F6N5O4. The van der Waals surface area contributed by atoms with E-state index >= 15 is 0 Å². The van der Waals surface area contributed by atoms with E-state index in [2.05, 4.69) is 9.97 Å². The summed E-state index contributed by atoms with van der Waals surface area (Å²) in [6, 6.07) is 0. The molecule has 0 aliphatic carbocycles. The smallest absolute Gasteiger partial charge is 0.394 e. The molecule has 15 heteroatoms. The van der Waals surface area contributed by atoms with E-state index < -0.39 is 72.7 Å². The lowest BCUT2D eigenvalue weighted by Crippen LogP contribution is -2.43. The minimum atomic E-state index is -5.95. The quantitative estimate of drug-likeness (QED) is 0.596. The minimum absolute atomic E-state index is 0.0256. The summed E-state index contributed by atoms with van der Waals surface area (Å²) in [7, 11) is 0. The number of hydrogen-bond donors (Lipinski definition) is 3. The van der Waals surface area contributed by atoms with E-state index in [4.69, 9.17) is 15.6 Å². The van der Waals surface area contributed by atoms with Gasteiger partial charge >= 0.3 is 17.8 Å². The van der Waals surface area contributed by atoms with Gasteiger partial charge in [-0.2, -0.15) is 26.9 Å². The predicted molar refractivity (Wildman–Crippen MR) is 79.1 cm³/mol. The highest BCUT2D eigenvalue weighted by molar-refractivity contribution is 5.72. The second-order valence-electron chi connectivity index (χ2n) is 6.06. The van der Waals surface area contributed by atoms with E-state index in [1.54, 1.807) is 0 Å². The molecule has 1 aliphatic heterocycles. The lowest BCUT2D eigenvalue weighted by Gasteiger charge is -2.19. The Morgan fingerprint density at radius 2 is 1.93 bits per heavy atom. The third-order valence-electron chi connectivity index (χ3n) is 4.22. The Morgan fingerprint density at radius 1 is 1.29 bits per heavy atom. The summed E-state index contributed by atoms with van der Waals surface area (Å²) in [6.07, 6.45) is -12.8. The lowest BCUT2D eigenvalue weighted by molar-refractivity contribution is -0.286. The summed E-state index contributed by atoms with van der Waals surface area (Å²) in [6.45, 7) is -3.00. The van der Waals surface area contributed by atoms with Crippen LogP contribution in [0.25, 0.3) is 11.2 Å². The van der Waals surface area contributed by atoms with Crippen molar-refractivity contribution in [3.05, 3.63) is 16.7 Å². The van der Waals surface area contributed by atoms with Crippen molar-refractivity contribution in [2.75, 3.05) is 12.3 Å². The molecule has 0 bridgehead atoms. The van der Waals surface area contributed by atoms with Gasteiger partial charge in [-0.1, -0.05) is 0 Å². The summed E-state index contributed by atoms with van der Waals surface area (Å²) in [5.41, 5.74) is 2.76. The number of rotatable bonds is 4. The number of aliphatic hydroxyl groups is 2. The molecule has 3 rings (SSSR count). The zero-order valence-electron chi connectivity index (χ0n) is 13.6. The first-order valence-corrected chi connectivity index (χ1v) is 7.65. The average molecular weight is 417 g/mol. The molecule has 4 N–H and O–H groups in total. The molecule has 0 radical (unpaired) electrons. The Labute approximate surface area is 151 Å². The van der Waals surface area contributed by atoms with Crippen LogP contribution >= 0.6 is 0 Å². The average Bonchev–Trinajstić information content (AvgIpc) is 3.01. The van der Waals surface area contributed by atoms with Crippen LogP contribution in [-0.2, 0) is 11.3 Å². The Morgan fingerprint density at radius 3 is 2.46 bits per heavy atom. The number of anilines is 1. The summed E-state index contributed by atoms with van der Waals surface area (Å²) in [5.74, 6) is -5.76. The van der Waals surface area contributed by atoms with Gasteiger partial charge in [-0.3, -0.25) is 4.57 Å². The fourth-order valence-electron chi connectivity index (χ4n) is 2.81.